The predicted molar refractivity (Wildman–Crippen MR) is 145 cm³/mol. The molecule has 0 saturated heterocycles. The maximum Gasteiger partial charge on any atom is 0.259 e. The number of carbonyl (C=O) groups excluding carboxylic acids is 1. The number of anilines is 2. The van der Waals surface area contributed by atoms with E-state index in [-0.39, 0.29) is 23.0 Å². The molecule has 0 radical (unpaired) electrons. The van der Waals surface area contributed by atoms with Gasteiger partial charge in [-0.15, -0.1) is 11.8 Å². The van der Waals surface area contributed by atoms with Crippen molar-refractivity contribution in [1.82, 2.24) is 15.3 Å². The Morgan fingerprint density at radius 2 is 1.77 bits per heavy atom. The molecular weight excluding hydrogens is 506 g/mol. The standard InChI is InChI=1S/C24H32ClN5O3S2/c1-14(2)35(32,33)19-13-34-21(20(19)25)23(31)26-15-9-11-16(12-10-15)27-24-28-18-8-6-5-7-17(18)22(29-24)30(3)4/h5-8,14-16,19H,9-13H2,1-4H3,(H,26,31)(H,27,28,29). The first-order valence-electron chi connectivity index (χ1n) is 11.8. The molecule has 1 amide bonds. The lowest BCUT2D eigenvalue weighted by Gasteiger charge is -2.30. The zero-order valence-corrected chi connectivity index (χ0v) is 22.8. The highest BCUT2D eigenvalue weighted by Gasteiger charge is 2.39. The highest BCUT2D eigenvalue weighted by Crippen LogP contribution is 2.39. The molecule has 11 heteroatoms. The van der Waals surface area contributed by atoms with Crippen LogP contribution in [-0.4, -0.2) is 66.7 Å². The lowest BCUT2D eigenvalue weighted by molar-refractivity contribution is -0.117. The summed E-state index contributed by atoms with van der Waals surface area (Å²) in [5, 5.41) is 6.36. The number of halogens is 1. The molecule has 1 aromatic heterocycles. The minimum absolute atomic E-state index is 0.0220. The fourth-order valence-electron chi connectivity index (χ4n) is 4.47. The number of thioether (sulfide) groups is 1. The molecule has 190 valence electrons. The van der Waals surface area contributed by atoms with Crippen LogP contribution < -0.4 is 15.5 Å². The SMILES string of the molecule is CC(C)S(=O)(=O)C1CSC(C(=O)NC2CCC(Nc3nc(N(C)C)c4ccccc4n3)CC2)=C1Cl. The van der Waals surface area contributed by atoms with Gasteiger partial charge in [-0.2, -0.15) is 4.98 Å². The van der Waals surface area contributed by atoms with E-state index < -0.39 is 20.3 Å². The molecule has 2 aromatic rings. The van der Waals surface area contributed by atoms with Gasteiger partial charge in [0.05, 0.1) is 20.7 Å². The van der Waals surface area contributed by atoms with Crippen molar-refractivity contribution >= 4 is 61.8 Å². The lowest BCUT2D eigenvalue weighted by Crippen LogP contribution is -2.40. The van der Waals surface area contributed by atoms with Gasteiger partial charge in [0.15, 0.2) is 9.84 Å². The van der Waals surface area contributed by atoms with E-state index in [1.165, 1.54) is 11.8 Å². The molecular formula is C24H32ClN5O3S2. The van der Waals surface area contributed by atoms with Gasteiger partial charge in [-0.3, -0.25) is 4.79 Å². The molecule has 2 N–H and O–H groups in total. The van der Waals surface area contributed by atoms with E-state index in [0.29, 0.717) is 16.6 Å². The summed E-state index contributed by atoms with van der Waals surface area (Å²) in [6.07, 6.45) is 3.34. The second-order valence-corrected chi connectivity index (χ2v) is 13.7. The van der Waals surface area contributed by atoms with E-state index in [0.717, 1.165) is 42.4 Å². The van der Waals surface area contributed by atoms with Crippen LogP contribution in [0.25, 0.3) is 10.9 Å². The van der Waals surface area contributed by atoms with Crippen LogP contribution in [0.1, 0.15) is 39.5 Å². The molecule has 1 unspecified atom stereocenters. The number of benzene rings is 1. The first-order chi connectivity index (χ1) is 16.6. The molecule has 0 spiro atoms. The second kappa shape index (κ2) is 10.5. The van der Waals surface area contributed by atoms with Gasteiger partial charge in [-0.05, 0) is 51.7 Å². The highest BCUT2D eigenvalue weighted by atomic mass is 35.5. The second-order valence-electron chi connectivity index (χ2n) is 9.56. The number of nitrogens with one attached hydrogen (secondary N) is 2. The topological polar surface area (TPSA) is 104 Å². The quantitative estimate of drug-likeness (QED) is 0.547. The molecule has 1 aliphatic carbocycles. The molecule has 1 saturated carbocycles. The van der Waals surface area contributed by atoms with E-state index in [1.54, 1.807) is 13.8 Å². The van der Waals surface area contributed by atoms with E-state index in [9.17, 15) is 13.2 Å². The highest BCUT2D eigenvalue weighted by molar-refractivity contribution is 8.05. The maximum absolute atomic E-state index is 12.9. The smallest absolute Gasteiger partial charge is 0.259 e. The Morgan fingerprint density at radius 3 is 2.43 bits per heavy atom. The summed E-state index contributed by atoms with van der Waals surface area (Å²) < 4.78 is 25.1. The van der Waals surface area contributed by atoms with E-state index in [2.05, 4.69) is 15.6 Å². The summed E-state index contributed by atoms with van der Waals surface area (Å²) >= 11 is 7.60. The molecule has 8 nitrogen and oxygen atoms in total. The van der Waals surface area contributed by atoms with Gasteiger partial charge in [0.2, 0.25) is 5.95 Å². The number of rotatable bonds is 7. The van der Waals surface area contributed by atoms with Crippen molar-refractivity contribution < 1.29 is 13.2 Å². The minimum atomic E-state index is -3.40. The molecule has 35 heavy (non-hydrogen) atoms. The van der Waals surface area contributed by atoms with Crippen molar-refractivity contribution in [3.63, 3.8) is 0 Å². The Kier molecular flexibility index (Phi) is 7.83. The molecule has 1 atom stereocenters. The molecule has 1 aliphatic heterocycles. The largest absolute Gasteiger partial charge is 0.362 e. The van der Waals surface area contributed by atoms with Crippen LogP contribution in [0.15, 0.2) is 34.2 Å². The molecule has 4 rings (SSSR count). The maximum atomic E-state index is 12.9. The zero-order valence-electron chi connectivity index (χ0n) is 20.4. The van der Waals surface area contributed by atoms with E-state index in [4.69, 9.17) is 16.6 Å². The van der Waals surface area contributed by atoms with Gasteiger partial charge < -0.3 is 15.5 Å². The van der Waals surface area contributed by atoms with Crippen LogP contribution in [0.5, 0.6) is 0 Å². The van der Waals surface area contributed by atoms with Crippen LogP contribution in [0, 0.1) is 0 Å². The Hall–Kier alpha value is -2.04. The molecule has 1 fully saturated rings. The van der Waals surface area contributed by atoms with Crippen LogP contribution in [0.3, 0.4) is 0 Å². The summed E-state index contributed by atoms with van der Waals surface area (Å²) in [7, 11) is 0.540. The molecule has 0 bridgehead atoms. The number of fused-ring (bicyclic) bond motifs is 1. The third kappa shape index (κ3) is 5.54. The number of carbonyl (C=O) groups is 1. The van der Waals surface area contributed by atoms with Crippen molar-refractivity contribution in [2.24, 2.45) is 0 Å². The number of para-hydroxylation sites is 1. The van der Waals surface area contributed by atoms with Crippen LogP contribution in [0.2, 0.25) is 0 Å². The van der Waals surface area contributed by atoms with Gasteiger partial charge in [0, 0.05) is 37.3 Å². The van der Waals surface area contributed by atoms with Gasteiger partial charge in [0.25, 0.3) is 5.91 Å². The average Bonchev–Trinajstić information content (AvgIpc) is 3.21. The minimum Gasteiger partial charge on any atom is -0.362 e. The average molecular weight is 538 g/mol. The van der Waals surface area contributed by atoms with E-state index in [1.807, 2.05) is 43.3 Å². The fourth-order valence-corrected chi connectivity index (χ4v) is 8.32. The first-order valence-corrected chi connectivity index (χ1v) is 14.8. The third-order valence-corrected chi connectivity index (χ3v) is 11.1. The number of nitrogens with zero attached hydrogens (tertiary/aromatic N) is 3. The fraction of sp³-hybridized carbons (Fsp3) is 0.542. The first kappa shape index (κ1) is 26.0. The van der Waals surface area contributed by atoms with Crippen molar-refractivity contribution in [3.05, 3.63) is 34.2 Å². The summed E-state index contributed by atoms with van der Waals surface area (Å²) in [6, 6.07) is 8.19. The van der Waals surface area contributed by atoms with Gasteiger partial charge >= 0.3 is 0 Å². The number of sulfone groups is 1. The van der Waals surface area contributed by atoms with E-state index >= 15 is 0 Å². The summed E-state index contributed by atoms with van der Waals surface area (Å²) in [6.45, 7) is 3.28. The van der Waals surface area contributed by atoms with Crippen LogP contribution in [-0.2, 0) is 14.6 Å². The number of amides is 1. The predicted octanol–water partition coefficient (Wildman–Crippen LogP) is 3.92. The van der Waals surface area contributed by atoms with Gasteiger partial charge in [-0.25, -0.2) is 13.4 Å². The Labute approximate surface area is 216 Å². The summed E-state index contributed by atoms with van der Waals surface area (Å²) in [4.78, 5) is 24.6. The number of hydrogen-bond acceptors (Lipinski definition) is 8. The van der Waals surface area contributed by atoms with Crippen molar-refractivity contribution in [1.29, 1.82) is 0 Å². The number of hydrogen-bond donors (Lipinski definition) is 2. The zero-order chi connectivity index (χ0) is 25.3. The normalized spacial score (nSPS) is 23.1. The molecule has 2 aliphatic rings. The molecule has 1 aromatic carbocycles. The van der Waals surface area contributed by atoms with Crippen LogP contribution in [0.4, 0.5) is 11.8 Å². The lowest BCUT2D eigenvalue weighted by atomic mass is 9.91. The van der Waals surface area contributed by atoms with Crippen molar-refractivity contribution in [3.8, 4) is 0 Å². The van der Waals surface area contributed by atoms with Gasteiger partial charge in [0.1, 0.15) is 11.1 Å². The van der Waals surface area contributed by atoms with Gasteiger partial charge in [-0.1, -0.05) is 23.7 Å². The summed E-state index contributed by atoms with van der Waals surface area (Å²) in [5.74, 6) is 1.50. The molecule has 2 heterocycles. The van der Waals surface area contributed by atoms with Crippen molar-refractivity contribution in [2.45, 2.75) is 62.1 Å². The Balaban J connectivity index is 1.36. The Bertz CT molecular complexity index is 1240. The van der Waals surface area contributed by atoms with Crippen LogP contribution >= 0.6 is 23.4 Å². The summed E-state index contributed by atoms with van der Waals surface area (Å²) in [5.41, 5.74) is 0.895. The number of aromatic nitrogens is 2. The van der Waals surface area contributed by atoms with Crippen molar-refractivity contribution in [2.75, 3.05) is 30.1 Å². The Morgan fingerprint density at radius 1 is 1.11 bits per heavy atom. The monoisotopic (exact) mass is 537 g/mol. The third-order valence-electron chi connectivity index (χ3n) is 6.54.